The Balaban J connectivity index is 2.01. The maximum absolute atomic E-state index is 5.46. The molecule has 19 heavy (non-hydrogen) atoms. The molecule has 1 aliphatic rings. The fourth-order valence-electron chi connectivity index (χ4n) is 2.71. The first-order chi connectivity index (χ1) is 9.24. The Morgan fingerprint density at radius 2 is 2.11 bits per heavy atom. The molecule has 1 aromatic carbocycles. The Kier molecular flexibility index (Phi) is 5.41. The number of rotatable bonds is 6. The van der Waals surface area contributed by atoms with Crippen LogP contribution in [-0.4, -0.2) is 31.2 Å². The smallest absolute Gasteiger partial charge is 0.0593 e. The maximum Gasteiger partial charge on any atom is 0.0593 e. The van der Waals surface area contributed by atoms with Gasteiger partial charge in [-0.3, -0.25) is 4.90 Å². The molecule has 0 N–H and O–H groups in total. The molecule has 1 heterocycles. The molecule has 1 unspecified atom stereocenters. The summed E-state index contributed by atoms with van der Waals surface area (Å²) in [6.45, 7) is 11.6. The minimum atomic E-state index is 0.670. The van der Waals surface area contributed by atoms with Crippen molar-refractivity contribution in [1.29, 1.82) is 0 Å². The van der Waals surface area contributed by atoms with Crippen molar-refractivity contribution in [2.75, 3.05) is 26.3 Å². The van der Waals surface area contributed by atoms with E-state index in [0.717, 1.165) is 26.3 Å². The van der Waals surface area contributed by atoms with Gasteiger partial charge in [0.15, 0.2) is 0 Å². The number of fused-ring (bicyclic) bond motifs is 1. The molecule has 0 bridgehead atoms. The topological polar surface area (TPSA) is 12.5 Å². The van der Waals surface area contributed by atoms with Crippen molar-refractivity contribution >= 4 is 0 Å². The van der Waals surface area contributed by atoms with Gasteiger partial charge in [0.1, 0.15) is 0 Å². The van der Waals surface area contributed by atoms with Gasteiger partial charge in [-0.05, 0) is 42.4 Å². The van der Waals surface area contributed by atoms with Crippen molar-refractivity contribution in [2.24, 2.45) is 0 Å². The molecule has 0 aliphatic carbocycles. The second-order valence-electron chi connectivity index (χ2n) is 5.56. The van der Waals surface area contributed by atoms with Gasteiger partial charge in [0.2, 0.25) is 0 Å². The van der Waals surface area contributed by atoms with Crippen molar-refractivity contribution in [1.82, 2.24) is 4.90 Å². The number of hydrogen-bond acceptors (Lipinski definition) is 2. The highest BCUT2D eigenvalue weighted by Crippen LogP contribution is 2.25. The van der Waals surface area contributed by atoms with Crippen LogP contribution in [0.25, 0.3) is 0 Å². The van der Waals surface area contributed by atoms with E-state index in [4.69, 9.17) is 4.74 Å². The molecule has 1 aliphatic heterocycles. The van der Waals surface area contributed by atoms with E-state index < -0.39 is 0 Å². The maximum atomic E-state index is 5.46. The highest BCUT2D eigenvalue weighted by molar-refractivity contribution is 5.35. The van der Waals surface area contributed by atoms with Crippen LogP contribution in [0.4, 0.5) is 0 Å². The van der Waals surface area contributed by atoms with Gasteiger partial charge in [0.25, 0.3) is 0 Å². The Morgan fingerprint density at radius 1 is 1.26 bits per heavy atom. The monoisotopic (exact) mass is 261 g/mol. The lowest BCUT2D eigenvalue weighted by atomic mass is 9.91. The molecule has 0 saturated carbocycles. The quantitative estimate of drug-likeness (QED) is 0.726. The summed E-state index contributed by atoms with van der Waals surface area (Å²) < 4.78 is 5.46. The zero-order valence-corrected chi connectivity index (χ0v) is 12.6. The summed E-state index contributed by atoms with van der Waals surface area (Å²) in [6, 6.07) is 7.09. The normalized spacial score (nSPS) is 17.2. The fraction of sp³-hybridized carbons (Fsp3) is 0.647. The van der Waals surface area contributed by atoms with Crippen LogP contribution in [0.2, 0.25) is 0 Å². The van der Waals surface area contributed by atoms with E-state index >= 15 is 0 Å². The molecular weight excluding hydrogens is 234 g/mol. The second kappa shape index (κ2) is 7.06. The van der Waals surface area contributed by atoms with Gasteiger partial charge in [-0.15, -0.1) is 0 Å². The fourth-order valence-corrected chi connectivity index (χ4v) is 2.71. The van der Waals surface area contributed by atoms with Gasteiger partial charge >= 0.3 is 0 Å². The minimum absolute atomic E-state index is 0.670. The lowest BCUT2D eigenvalue weighted by Crippen LogP contribution is -2.33. The summed E-state index contributed by atoms with van der Waals surface area (Å²) >= 11 is 0. The molecule has 0 saturated heterocycles. The lowest BCUT2D eigenvalue weighted by molar-refractivity contribution is 0.108. The molecule has 2 nitrogen and oxygen atoms in total. The zero-order chi connectivity index (χ0) is 13.7. The molecule has 0 fully saturated rings. The molecule has 1 atom stereocenters. The summed E-state index contributed by atoms with van der Waals surface area (Å²) in [5.74, 6) is 0.670. The Bertz CT molecular complexity index is 402. The number of benzene rings is 1. The third-order valence-electron chi connectivity index (χ3n) is 4.26. The van der Waals surface area contributed by atoms with E-state index in [9.17, 15) is 0 Å². The van der Waals surface area contributed by atoms with Crippen molar-refractivity contribution in [3.63, 3.8) is 0 Å². The van der Waals surface area contributed by atoms with Crippen LogP contribution in [0, 0.1) is 0 Å². The van der Waals surface area contributed by atoms with Crippen molar-refractivity contribution in [2.45, 2.75) is 46.1 Å². The first kappa shape index (κ1) is 14.5. The van der Waals surface area contributed by atoms with Crippen LogP contribution in [0.1, 0.15) is 49.8 Å². The van der Waals surface area contributed by atoms with Gasteiger partial charge in [-0.25, -0.2) is 0 Å². The summed E-state index contributed by atoms with van der Waals surface area (Å²) in [6.07, 6.45) is 2.40. The van der Waals surface area contributed by atoms with Gasteiger partial charge in [0.05, 0.1) is 6.61 Å². The van der Waals surface area contributed by atoms with E-state index in [2.05, 4.69) is 43.9 Å². The van der Waals surface area contributed by atoms with Gasteiger partial charge in [0, 0.05) is 26.2 Å². The molecule has 0 radical (unpaired) electrons. The van der Waals surface area contributed by atoms with E-state index in [0.29, 0.717) is 5.92 Å². The zero-order valence-electron chi connectivity index (χ0n) is 12.6. The van der Waals surface area contributed by atoms with E-state index in [1.165, 1.54) is 30.5 Å². The minimum Gasteiger partial charge on any atom is -0.380 e. The highest BCUT2D eigenvalue weighted by atomic mass is 16.5. The van der Waals surface area contributed by atoms with Crippen LogP contribution >= 0.6 is 0 Å². The molecule has 106 valence electrons. The molecule has 2 rings (SSSR count). The SMILES string of the molecule is CCOCCN1CCc2ccc(C(C)CC)cc2C1. The number of hydrogen-bond donors (Lipinski definition) is 0. The first-order valence-corrected chi connectivity index (χ1v) is 7.66. The summed E-state index contributed by atoms with van der Waals surface area (Å²) in [5.41, 5.74) is 4.56. The summed E-state index contributed by atoms with van der Waals surface area (Å²) in [7, 11) is 0. The van der Waals surface area contributed by atoms with Crippen LogP contribution in [0.5, 0.6) is 0 Å². The lowest BCUT2D eigenvalue weighted by Gasteiger charge is -2.29. The van der Waals surface area contributed by atoms with E-state index in [-0.39, 0.29) is 0 Å². The van der Waals surface area contributed by atoms with Crippen molar-refractivity contribution < 1.29 is 4.74 Å². The third-order valence-corrected chi connectivity index (χ3v) is 4.26. The first-order valence-electron chi connectivity index (χ1n) is 7.66. The molecule has 0 aromatic heterocycles. The molecule has 0 amide bonds. The van der Waals surface area contributed by atoms with E-state index in [1.807, 2.05) is 0 Å². The van der Waals surface area contributed by atoms with Crippen LogP contribution in [0.3, 0.4) is 0 Å². The molecule has 2 heteroatoms. The Morgan fingerprint density at radius 3 is 2.84 bits per heavy atom. The van der Waals surface area contributed by atoms with Gasteiger partial charge < -0.3 is 4.74 Å². The summed E-state index contributed by atoms with van der Waals surface area (Å²) in [4.78, 5) is 2.51. The molecule has 1 aromatic rings. The predicted molar refractivity (Wildman–Crippen MR) is 80.6 cm³/mol. The summed E-state index contributed by atoms with van der Waals surface area (Å²) in [5, 5.41) is 0. The van der Waals surface area contributed by atoms with Gasteiger partial charge in [-0.2, -0.15) is 0 Å². The average molecular weight is 261 g/mol. The van der Waals surface area contributed by atoms with Crippen LogP contribution in [0.15, 0.2) is 18.2 Å². The highest BCUT2D eigenvalue weighted by Gasteiger charge is 2.17. The Hall–Kier alpha value is -0.860. The predicted octanol–water partition coefficient (Wildman–Crippen LogP) is 3.59. The van der Waals surface area contributed by atoms with Crippen LogP contribution in [-0.2, 0) is 17.7 Å². The number of ether oxygens (including phenoxy) is 1. The molecule has 0 spiro atoms. The van der Waals surface area contributed by atoms with Crippen LogP contribution < -0.4 is 0 Å². The largest absolute Gasteiger partial charge is 0.380 e. The number of nitrogens with zero attached hydrogens (tertiary/aromatic N) is 1. The average Bonchev–Trinajstić information content (AvgIpc) is 2.46. The van der Waals surface area contributed by atoms with Crippen molar-refractivity contribution in [3.8, 4) is 0 Å². The third kappa shape index (κ3) is 3.80. The standard InChI is InChI=1S/C17H27NO/c1-4-14(3)16-7-6-15-8-9-18(10-11-19-5-2)13-17(15)12-16/h6-7,12,14H,4-5,8-11,13H2,1-3H3. The molecular formula is C17H27NO. The second-order valence-corrected chi connectivity index (χ2v) is 5.56. The van der Waals surface area contributed by atoms with E-state index in [1.54, 1.807) is 5.56 Å². The Labute approximate surface area is 117 Å². The van der Waals surface area contributed by atoms with Gasteiger partial charge in [-0.1, -0.05) is 32.0 Å². The van der Waals surface area contributed by atoms with Crippen molar-refractivity contribution in [3.05, 3.63) is 34.9 Å².